The van der Waals surface area contributed by atoms with Crippen LogP contribution in [-0.2, 0) is 19.4 Å². The zero-order chi connectivity index (χ0) is 15.0. The normalized spacial score (nSPS) is 25.3. The van der Waals surface area contributed by atoms with Crippen LogP contribution < -0.4 is 5.32 Å². The topological polar surface area (TPSA) is 15.3 Å². The minimum absolute atomic E-state index is 0.240. The van der Waals surface area contributed by atoms with Crippen LogP contribution in [0.1, 0.15) is 50.8 Å². The van der Waals surface area contributed by atoms with Gasteiger partial charge in [0.05, 0.1) is 0 Å². The molecule has 0 saturated carbocycles. The van der Waals surface area contributed by atoms with Crippen molar-refractivity contribution in [2.24, 2.45) is 5.92 Å². The standard InChI is InChI=1S/C19H30N2/c1-14(2)18-12-21(19(3,4)13-20-18)11-15-8-9-16-6-5-7-17(16)10-15/h8-10,14,18,20H,5-7,11-13H2,1-4H3. The minimum Gasteiger partial charge on any atom is -0.311 e. The average molecular weight is 286 g/mol. The van der Waals surface area contributed by atoms with Crippen molar-refractivity contribution in [3.05, 3.63) is 34.9 Å². The third-order valence-corrected chi connectivity index (χ3v) is 5.41. The Morgan fingerprint density at radius 3 is 2.76 bits per heavy atom. The number of hydrogen-bond donors (Lipinski definition) is 1. The van der Waals surface area contributed by atoms with E-state index in [1.54, 1.807) is 11.1 Å². The lowest BCUT2D eigenvalue weighted by Gasteiger charge is -2.47. The third-order valence-electron chi connectivity index (χ3n) is 5.41. The van der Waals surface area contributed by atoms with Crippen LogP contribution in [0, 0.1) is 5.92 Å². The number of fused-ring (bicyclic) bond motifs is 1. The van der Waals surface area contributed by atoms with Crippen molar-refractivity contribution in [2.75, 3.05) is 13.1 Å². The Labute approximate surface area is 129 Å². The van der Waals surface area contributed by atoms with Gasteiger partial charge in [-0.1, -0.05) is 32.0 Å². The molecule has 3 rings (SSSR count). The Balaban J connectivity index is 1.75. The van der Waals surface area contributed by atoms with E-state index in [1.165, 1.54) is 24.8 Å². The maximum Gasteiger partial charge on any atom is 0.0281 e. The first-order valence-electron chi connectivity index (χ1n) is 8.55. The summed E-state index contributed by atoms with van der Waals surface area (Å²) in [4.78, 5) is 2.67. The van der Waals surface area contributed by atoms with Crippen LogP contribution in [0.5, 0.6) is 0 Å². The summed E-state index contributed by atoms with van der Waals surface area (Å²) >= 11 is 0. The van der Waals surface area contributed by atoms with E-state index < -0.39 is 0 Å². The SMILES string of the molecule is CC(C)C1CN(Cc2ccc3c(c2)CCC3)C(C)(C)CN1. The van der Waals surface area contributed by atoms with E-state index in [0.29, 0.717) is 12.0 Å². The molecule has 0 radical (unpaired) electrons. The van der Waals surface area contributed by atoms with Crippen LogP contribution in [0.3, 0.4) is 0 Å². The van der Waals surface area contributed by atoms with Gasteiger partial charge in [-0.15, -0.1) is 0 Å². The molecule has 0 bridgehead atoms. The predicted molar refractivity (Wildman–Crippen MR) is 89.6 cm³/mol. The van der Waals surface area contributed by atoms with Gasteiger partial charge in [0.15, 0.2) is 0 Å². The van der Waals surface area contributed by atoms with Gasteiger partial charge in [-0.3, -0.25) is 4.90 Å². The van der Waals surface area contributed by atoms with Gasteiger partial charge in [0.1, 0.15) is 0 Å². The number of nitrogens with one attached hydrogen (secondary N) is 1. The zero-order valence-electron chi connectivity index (χ0n) is 14.1. The van der Waals surface area contributed by atoms with E-state index >= 15 is 0 Å². The summed E-state index contributed by atoms with van der Waals surface area (Å²) in [5.74, 6) is 0.698. The highest BCUT2D eigenvalue weighted by Crippen LogP contribution is 2.27. The molecule has 2 aliphatic rings. The van der Waals surface area contributed by atoms with E-state index in [0.717, 1.165) is 19.6 Å². The van der Waals surface area contributed by atoms with Crippen LogP contribution >= 0.6 is 0 Å². The number of benzene rings is 1. The van der Waals surface area contributed by atoms with E-state index in [1.807, 2.05) is 0 Å². The molecule has 1 fully saturated rings. The molecule has 1 N–H and O–H groups in total. The fraction of sp³-hybridized carbons (Fsp3) is 0.684. The Morgan fingerprint density at radius 1 is 1.24 bits per heavy atom. The van der Waals surface area contributed by atoms with Gasteiger partial charge >= 0.3 is 0 Å². The second-order valence-electron chi connectivity index (χ2n) is 7.88. The summed E-state index contributed by atoms with van der Waals surface area (Å²) in [6, 6.07) is 7.80. The van der Waals surface area contributed by atoms with Crippen LogP contribution in [0.15, 0.2) is 18.2 Å². The molecular weight excluding hydrogens is 256 g/mol. The summed E-state index contributed by atoms with van der Waals surface area (Å²) in [6.45, 7) is 12.7. The monoisotopic (exact) mass is 286 g/mol. The summed E-state index contributed by atoms with van der Waals surface area (Å²) in [5, 5.41) is 3.72. The van der Waals surface area contributed by atoms with Crippen LogP contribution in [0.4, 0.5) is 0 Å². The van der Waals surface area contributed by atoms with Crippen molar-refractivity contribution in [1.82, 2.24) is 10.2 Å². The summed E-state index contributed by atoms with van der Waals surface area (Å²) in [5.41, 5.74) is 4.91. The second-order valence-corrected chi connectivity index (χ2v) is 7.88. The Morgan fingerprint density at radius 2 is 2.00 bits per heavy atom. The zero-order valence-corrected chi connectivity index (χ0v) is 14.1. The molecule has 1 unspecified atom stereocenters. The lowest BCUT2D eigenvalue weighted by molar-refractivity contribution is 0.0474. The maximum absolute atomic E-state index is 3.72. The molecule has 2 heteroatoms. The van der Waals surface area contributed by atoms with Gasteiger partial charge in [-0.2, -0.15) is 0 Å². The molecule has 2 nitrogen and oxygen atoms in total. The van der Waals surface area contributed by atoms with Crippen molar-refractivity contribution in [1.29, 1.82) is 0 Å². The molecule has 1 heterocycles. The number of piperazine rings is 1. The first kappa shape index (κ1) is 15.1. The van der Waals surface area contributed by atoms with Crippen molar-refractivity contribution in [2.45, 2.75) is 65.1 Å². The number of hydrogen-bond acceptors (Lipinski definition) is 2. The molecule has 1 aromatic carbocycles. The summed E-state index contributed by atoms with van der Waals surface area (Å²) < 4.78 is 0. The van der Waals surface area contributed by atoms with E-state index in [9.17, 15) is 0 Å². The quantitative estimate of drug-likeness (QED) is 0.916. The van der Waals surface area contributed by atoms with Gasteiger partial charge in [-0.05, 0) is 55.7 Å². The van der Waals surface area contributed by atoms with Gasteiger partial charge in [-0.25, -0.2) is 0 Å². The Kier molecular flexibility index (Phi) is 4.11. The fourth-order valence-corrected chi connectivity index (χ4v) is 3.71. The fourth-order valence-electron chi connectivity index (χ4n) is 3.71. The highest BCUT2D eigenvalue weighted by molar-refractivity contribution is 5.35. The third kappa shape index (κ3) is 3.17. The summed E-state index contributed by atoms with van der Waals surface area (Å²) in [7, 11) is 0. The molecule has 0 spiro atoms. The smallest absolute Gasteiger partial charge is 0.0281 e. The Hall–Kier alpha value is -0.860. The molecule has 21 heavy (non-hydrogen) atoms. The Bertz CT molecular complexity index is 504. The van der Waals surface area contributed by atoms with Crippen LogP contribution in [0.25, 0.3) is 0 Å². The molecule has 1 atom stereocenters. The maximum atomic E-state index is 3.72. The van der Waals surface area contributed by atoms with Crippen LogP contribution in [0.2, 0.25) is 0 Å². The number of rotatable bonds is 3. The van der Waals surface area contributed by atoms with Crippen LogP contribution in [-0.4, -0.2) is 29.6 Å². The lowest BCUT2D eigenvalue weighted by atomic mass is 9.92. The average Bonchev–Trinajstić information content (AvgIpc) is 2.88. The van der Waals surface area contributed by atoms with E-state index in [4.69, 9.17) is 0 Å². The molecule has 1 aliphatic heterocycles. The first-order chi connectivity index (χ1) is 9.95. The van der Waals surface area contributed by atoms with Gasteiger partial charge in [0, 0.05) is 31.2 Å². The molecule has 0 aromatic heterocycles. The summed E-state index contributed by atoms with van der Waals surface area (Å²) in [6.07, 6.45) is 3.90. The van der Waals surface area contributed by atoms with E-state index in [-0.39, 0.29) is 5.54 Å². The van der Waals surface area contributed by atoms with Crippen molar-refractivity contribution >= 4 is 0 Å². The highest BCUT2D eigenvalue weighted by Gasteiger charge is 2.34. The molecule has 116 valence electrons. The number of aryl methyl sites for hydroxylation is 2. The number of nitrogens with zero attached hydrogens (tertiary/aromatic N) is 1. The van der Waals surface area contributed by atoms with Crippen molar-refractivity contribution in [3.63, 3.8) is 0 Å². The first-order valence-corrected chi connectivity index (χ1v) is 8.55. The van der Waals surface area contributed by atoms with Crippen molar-refractivity contribution in [3.8, 4) is 0 Å². The highest BCUT2D eigenvalue weighted by atomic mass is 15.3. The van der Waals surface area contributed by atoms with Gasteiger partial charge < -0.3 is 5.32 Å². The minimum atomic E-state index is 0.240. The van der Waals surface area contributed by atoms with Crippen molar-refractivity contribution < 1.29 is 0 Å². The predicted octanol–water partition coefficient (Wildman–Crippen LogP) is 3.38. The van der Waals surface area contributed by atoms with Gasteiger partial charge in [0.25, 0.3) is 0 Å². The van der Waals surface area contributed by atoms with E-state index in [2.05, 4.69) is 56.1 Å². The lowest BCUT2D eigenvalue weighted by Crippen LogP contribution is -2.62. The van der Waals surface area contributed by atoms with Gasteiger partial charge in [0.2, 0.25) is 0 Å². The molecule has 0 amide bonds. The largest absolute Gasteiger partial charge is 0.311 e. The second kappa shape index (κ2) is 5.73. The molecule has 1 aromatic rings. The molecule has 1 saturated heterocycles. The molecule has 1 aliphatic carbocycles. The molecular formula is C19H30N2.